The molecule has 1 saturated heterocycles. The van der Waals surface area contributed by atoms with E-state index in [0.717, 1.165) is 13.8 Å². The van der Waals surface area contributed by atoms with Crippen LogP contribution in [0.2, 0.25) is 0 Å². The summed E-state index contributed by atoms with van der Waals surface area (Å²) in [4.78, 5) is 11.3. The summed E-state index contributed by atoms with van der Waals surface area (Å²) in [5.74, 6) is -4.33. The second kappa shape index (κ2) is 13.2. The van der Waals surface area contributed by atoms with Gasteiger partial charge in [-0.05, 0) is 19.9 Å². The van der Waals surface area contributed by atoms with E-state index < -0.39 is 121 Å². The fourth-order valence-corrected chi connectivity index (χ4v) is 6.22. The van der Waals surface area contributed by atoms with E-state index >= 15 is 0 Å². The summed E-state index contributed by atoms with van der Waals surface area (Å²) in [5.41, 5.74) is -1.87. The van der Waals surface area contributed by atoms with Gasteiger partial charge in [0.25, 0.3) is 0 Å². The molecule has 42 heavy (non-hydrogen) atoms. The molecule has 26 heteroatoms. The Balaban J connectivity index is 2.46. The van der Waals surface area contributed by atoms with Crippen LogP contribution in [0.1, 0.15) is 13.8 Å². The normalized spacial score (nSPS) is 30.7. The number of hydrogen-bond acceptors (Lipinski definition) is 16. The molecule has 246 valence electrons. The summed E-state index contributed by atoms with van der Waals surface area (Å²) in [6.45, 7) is -0.689. The highest BCUT2D eigenvalue weighted by atomic mass is 32.3. The molecule has 2 rings (SSSR count). The van der Waals surface area contributed by atoms with Crippen LogP contribution in [0.3, 0.4) is 0 Å². The molecular formula is C16H27NO21S4. The number of hydrogen-bond donors (Lipinski definition) is 7. The average Bonchev–Trinajstić information content (AvgIpc) is 2.75. The zero-order valence-electron chi connectivity index (χ0n) is 21.2. The first-order valence-corrected chi connectivity index (χ1v) is 16.5. The van der Waals surface area contributed by atoms with Crippen molar-refractivity contribution in [3.05, 3.63) is 11.8 Å². The van der Waals surface area contributed by atoms with E-state index in [0.29, 0.717) is 6.08 Å². The number of carbonyl (C=O) groups is 1. The van der Waals surface area contributed by atoms with Gasteiger partial charge in [-0.2, -0.15) is 38.4 Å². The van der Waals surface area contributed by atoms with Crippen molar-refractivity contribution in [2.75, 3.05) is 19.8 Å². The molecule has 0 aromatic rings. The van der Waals surface area contributed by atoms with Crippen molar-refractivity contribution in [1.29, 1.82) is 0 Å². The molecule has 0 radical (unpaired) electrons. The predicted molar refractivity (Wildman–Crippen MR) is 129 cm³/mol. The lowest BCUT2D eigenvalue weighted by Gasteiger charge is -2.49. The van der Waals surface area contributed by atoms with Crippen molar-refractivity contribution in [3.63, 3.8) is 0 Å². The van der Waals surface area contributed by atoms with Crippen LogP contribution >= 0.6 is 0 Å². The Kier molecular flexibility index (Phi) is 11.5. The molecule has 2 aliphatic heterocycles. The minimum Gasteiger partial charge on any atom is -0.478 e. The van der Waals surface area contributed by atoms with Crippen molar-refractivity contribution in [3.8, 4) is 0 Å². The molecule has 7 unspecified atom stereocenters. The van der Waals surface area contributed by atoms with Crippen LogP contribution in [0.5, 0.6) is 0 Å². The summed E-state index contributed by atoms with van der Waals surface area (Å²) in [5, 5.41) is 19.3. The first-order valence-electron chi connectivity index (χ1n) is 11.0. The summed E-state index contributed by atoms with van der Waals surface area (Å²) >= 11 is 0. The third kappa shape index (κ3) is 11.5. The quantitative estimate of drug-likeness (QED) is 0.0865. The van der Waals surface area contributed by atoms with Gasteiger partial charge in [-0.1, -0.05) is 0 Å². The standard InChI is InChI=1S/C16H27NO21S4/c1-16(2)14(17-39(21,22)23)12(37-41(27,28)29)7(10(36-16)6-34-40(24,25)26)4-33-5-11-13(38-42(30,31)32)8(18)3-9(35-11)15(19)20/h3,7-8,10-14,17-18H,4-6H2,1-2H3,(H,19,20)(H,21,22,23)(H,24,25,26)(H,27,28,29)(H,30,31,32). The third-order valence-corrected chi connectivity index (χ3v) is 7.58. The SMILES string of the molecule is CC1(C)OC(COS(=O)(=O)O)C(COCC2OC(C(=O)O)=CC(O)C2OS(=O)(=O)O)C(OS(=O)(=O)O)C1NS(=O)(=O)O. The molecule has 0 aromatic carbocycles. The van der Waals surface area contributed by atoms with Crippen LogP contribution in [0.15, 0.2) is 11.8 Å². The lowest BCUT2D eigenvalue weighted by Crippen LogP contribution is -2.67. The van der Waals surface area contributed by atoms with Crippen molar-refractivity contribution in [2.45, 2.75) is 56.0 Å². The van der Waals surface area contributed by atoms with Crippen LogP contribution in [-0.4, -0.2) is 130 Å². The smallest absolute Gasteiger partial charge is 0.397 e. The Labute approximate surface area is 239 Å². The minimum absolute atomic E-state index is 0.538. The van der Waals surface area contributed by atoms with Crippen LogP contribution in [0.4, 0.5) is 0 Å². The van der Waals surface area contributed by atoms with E-state index in [1.54, 1.807) is 4.72 Å². The highest BCUT2D eigenvalue weighted by Crippen LogP contribution is 2.37. The number of ether oxygens (including phenoxy) is 3. The molecule has 0 aromatic heterocycles. The average molecular weight is 698 g/mol. The second-order valence-corrected chi connectivity index (χ2v) is 13.6. The second-order valence-electron chi connectivity index (χ2n) is 9.20. The summed E-state index contributed by atoms with van der Waals surface area (Å²) in [7, 11) is -21.0. The Hall–Kier alpha value is -1.63. The number of aliphatic carboxylic acids is 1. The van der Waals surface area contributed by atoms with Crippen LogP contribution in [-0.2, 0) is 73.1 Å². The Bertz CT molecular complexity index is 1450. The van der Waals surface area contributed by atoms with Gasteiger partial charge >= 0.3 is 47.5 Å². The molecule has 7 N–H and O–H groups in total. The zero-order chi connectivity index (χ0) is 32.5. The number of rotatable bonds is 14. The number of carboxylic acids is 1. The Morgan fingerprint density at radius 3 is 1.90 bits per heavy atom. The molecule has 0 aliphatic carbocycles. The molecule has 2 heterocycles. The summed E-state index contributed by atoms with van der Waals surface area (Å²) < 4.78 is 159. The fourth-order valence-electron chi connectivity index (χ4n) is 4.12. The zero-order valence-corrected chi connectivity index (χ0v) is 24.4. The first-order chi connectivity index (χ1) is 18.8. The molecule has 0 amide bonds. The largest absolute Gasteiger partial charge is 0.478 e. The molecule has 0 spiro atoms. The number of nitrogens with one attached hydrogen (secondary N) is 1. The Morgan fingerprint density at radius 2 is 1.43 bits per heavy atom. The van der Waals surface area contributed by atoms with Gasteiger partial charge in [-0.15, -0.1) is 0 Å². The maximum Gasteiger partial charge on any atom is 0.397 e. The number of aliphatic hydroxyl groups is 1. The minimum atomic E-state index is -5.44. The molecular weight excluding hydrogens is 670 g/mol. The molecule has 1 fully saturated rings. The van der Waals surface area contributed by atoms with Gasteiger partial charge in [0, 0.05) is 5.92 Å². The highest BCUT2D eigenvalue weighted by Gasteiger charge is 2.54. The molecule has 2 aliphatic rings. The van der Waals surface area contributed by atoms with Gasteiger partial charge in [0.2, 0.25) is 5.76 Å². The van der Waals surface area contributed by atoms with Crippen molar-refractivity contribution in [1.82, 2.24) is 4.72 Å². The van der Waals surface area contributed by atoms with Crippen LogP contribution < -0.4 is 4.72 Å². The summed E-state index contributed by atoms with van der Waals surface area (Å²) in [6.07, 6.45) is -9.07. The lowest BCUT2D eigenvalue weighted by atomic mass is 9.80. The lowest BCUT2D eigenvalue weighted by molar-refractivity contribution is -0.208. The Morgan fingerprint density at radius 1 is 0.881 bits per heavy atom. The topological polar surface area (TPSA) is 342 Å². The predicted octanol–water partition coefficient (Wildman–Crippen LogP) is -3.52. The van der Waals surface area contributed by atoms with Gasteiger partial charge in [0.05, 0.1) is 37.6 Å². The maximum atomic E-state index is 11.7. The maximum absolute atomic E-state index is 11.7. The first kappa shape index (κ1) is 36.6. The van der Waals surface area contributed by atoms with Crippen LogP contribution in [0.25, 0.3) is 0 Å². The molecule has 0 saturated carbocycles. The molecule has 0 bridgehead atoms. The summed E-state index contributed by atoms with van der Waals surface area (Å²) in [6, 6.07) is -1.88. The van der Waals surface area contributed by atoms with E-state index in [2.05, 4.69) is 12.5 Å². The van der Waals surface area contributed by atoms with Crippen molar-refractivity contribution in [2.24, 2.45) is 5.92 Å². The third-order valence-electron chi connectivity index (χ3n) is 5.66. The van der Waals surface area contributed by atoms with E-state index in [9.17, 15) is 52.7 Å². The van der Waals surface area contributed by atoms with Crippen LogP contribution in [0, 0.1) is 5.92 Å². The molecule has 7 atom stereocenters. The van der Waals surface area contributed by atoms with Gasteiger partial charge < -0.3 is 24.4 Å². The van der Waals surface area contributed by atoms with Crippen molar-refractivity contribution < 1.29 is 93.6 Å². The fraction of sp³-hybridized carbons (Fsp3) is 0.812. The van der Waals surface area contributed by atoms with E-state index in [4.69, 9.17) is 28.4 Å². The van der Waals surface area contributed by atoms with Gasteiger partial charge in [0.15, 0.2) is 6.10 Å². The van der Waals surface area contributed by atoms with E-state index in [1.807, 2.05) is 0 Å². The van der Waals surface area contributed by atoms with E-state index in [-0.39, 0.29) is 0 Å². The number of carboxylic acid groups (broad SMARTS) is 1. The van der Waals surface area contributed by atoms with E-state index in [1.165, 1.54) is 0 Å². The monoisotopic (exact) mass is 697 g/mol. The van der Waals surface area contributed by atoms with Gasteiger partial charge in [-0.25, -0.2) is 17.3 Å². The molecule has 22 nitrogen and oxygen atoms in total. The highest BCUT2D eigenvalue weighted by molar-refractivity contribution is 7.83. The number of aliphatic hydroxyl groups excluding tert-OH is 1. The van der Waals surface area contributed by atoms with Gasteiger partial charge in [0.1, 0.15) is 18.3 Å². The van der Waals surface area contributed by atoms with Gasteiger partial charge in [-0.3, -0.25) is 18.2 Å². The van der Waals surface area contributed by atoms with Crippen molar-refractivity contribution >= 4 is 47.5 Å².